The monoisotopic (exact) mass is 629 g/mol. The van der Waals surface area contributed by atoms with Crippen molar-refractivity contribution >= 4 is 28.6 Å². The van der Waals surface area contributed by atoms with E-state index in [-0.39, 0.29) is 23.4 Å². The second kappa shape index (κ2) is 12.7. The maximum absolute atomic E-state index is 15.8. The van der Waals surface area contributed by atoms with Gasteiger partial charge in [-0.1, -0.05) is 0 Å². The van der Waals surface area contributed by atoms with E-state index in [0.29, 0.717) is 36.1 Å². The summed E-state index contributed by atoms with van der Waals surface area (Å²) in [4.78, 5) is 30.5. The van der Waals surface area contributed by atoms with Crippen molar-refractivity contribution in [2.45, 2.75) is 63.6 Å². The highest BCUT2D eigenvalue weighted by Crippen LogP contribution is 2.36. The summed E-state index contributed by atoms with van der Waals surface area (Å²) in [5.41, 5.74) is 3.88. The fourth-order valence-electron chi connectivity index (χ4n) is 7.46. The molecule has 46 heavy (non-hydrogen) atoms. The molecule has 1 amide bonds. The summed E-state index contributed by atoms with van der Waals surface area (Å²) in [6.07, 6.45) is 8.08. The number of hydrogen-bond acceptors (Lipinski definition) is 8. The Morgan fingerprint density at radius 3 is 2.37 bits per heavy atom. The van der Waals surface area contributed by atoms with Crippen LogP contribution in [0, 0.1) is 12.7 Å². The van der Waals surface area contributed by atoms with Gasteiger partial charge in [-0.2, -0.15) is 5.10 Å². The van der Waals surface area contributed by atoms with Crippen LogP contribution in [0.1, 0.15) is 60.6 Å². The molecule has 0 radical (unpaired) electrons. The molecule has 2 aliphatic heterocycles. The molecule has 1 saturated carbocycles. The molecule has 3 aliphatic rings. The number of pyridine rings is 1. The standard InChI is InChI=1S/C34H44FN9O2/c1-22-18-28(31(35)32(37-22)23-20-36-41(3)21-23)33(46)39-34-38-29-19-26(6-9-30(29)44(34)25-4-7-27(45)8-5-25)42-12-10-24(11-13-42)43-16-14-40(2)15-17-43/h6,9,18-21,24-25,27,45H,4-5,7-8,10-17H2,1-3H3,(H,38,39,46)/t25-,27+. The number of halogens is 1. The van der Waals surface area contributed by atoms with E-state index < -0.39 is 11.7 Å². The maximum Gasteiger partial charge on any atom is 0.261 e. The quantitative estimate of drug-likeness (QED) is 0.327. The largest absolute Gasteiger partial charge is 0.393 e. The third-order valence-electron chi connectivity index (χ3n) is 10.1. The van der Waals surface area contributed by atoms with Crippen molar-refractivity contribution in [3.63, 3.8) is 0 Å². The number of aliphatic hydroxyl groups is 1. The SMILES string of the molecule is Cc1cc(C(=O)Nc2nc3cc(N4CCC(N5CCN(C)CC5)CC4)ccc3n2[C@H]2CC[C@@H](O)CC2)c(F)c(-c2cnn(C)c2)n1. The van der Waals surface area contributed by atoms with Crippen LogP contribution in [-0.2, 0) is 7.05 Å². The van der Waals surface area contributed by atoms with Crippen molar-refractivity contribution < 1.29 is 14.3 Å². The van der Waals surface area contributed by atoms with Crippen LogP contribution in [0.25, 0.3) is 22.3 Å². The van der Waals surface area contributed by atoms with Crippen LogP contribution in [0.3, 0.4) is 0 Å². The average molecular weight is 630 g/mol. The van der Waals surface area contributed by atoms with Crippen molar-refractivity contribution in [3.8, 4) is 11.3 Å². The van der Waals surface area contributed by atoms with Crippen LogP contribution in [0.5, 0.6) is 0 Å². The lowest BCUT2D eigenvalue weighted by Crippen LogP contribution is -2.52. The predicted octanol–water partition coefficient (Wildman–Crippen LogP) is 4.22. The average Bonchev–Trinajstić information content (AvgIpc) is 3.65. The molecule has 3 fully saturated rings. The fourth-order valence-corrected chi connectivity index (χ4v) is 7.46. The number of hydrogen-bond donors (Lipinski definition) is 2. The smallest absolute Gasteiger partial charge is 0.261 e. The normalized spacial score (nSPS) is 22.1. The molecule has 2 saturated heterocycles. The summed E-state index contributed by atoms with van der Waals surface area (Å²) in [5, 5.41) is 17.3. The molecule has 0 atom stereocenters. The lowest BCUT2D eigenvalue weighted by Gasteiger charge is -2.42. The van der Waals surface area contributed by atoms with Gasteiger partial charge in [0.05, 0.1) is 28.9 Å². The van der Waals surface area contributed by atoms with Gasteiger partial charge >= 0.3 is 0 Å². The maximum atomic E-state index is 15.8. The van der Waals surface area contributed by atoms with E-state index in [0.717, 1.165) is 81.7 Å². The van der Waals surface area contributed by atoms with Crippen molar-refractivity contribution in [3.05, 3.63) is 53.7 Å². The van der Waals surface area contributed by atoms with E-state index in [1.165, 1.54) is 12.3 Å². The third-order valence-corrected chi connectivity index (χ3v) is 10.1. The molecule has 0 unspecified atom stereocenters. The first-order valence-electron chi connectivity index (χ1n) is 16.6. The third kappa shape index (κ3) is 6.13. The predicted molar refractivity (Wildman–Crippen MR) is 177 cm³/mol. The Balaban J connectivity index is 1.16. The number of piperazine rings is 1. The minimum Gasteiger partial charge on any atom is -0.393 e. The van der Waals surface area contributed by atoms with Gasteiger partial charge in [-0.05, 0) is 76.8 Å². The molecule has 1 aromatic carbocycles. The Bertz CT molecular complexity index is 1710. The van der Waals surface area contributed by atoms with Crippen molar-refractivity contribution in [2.24, 2.45) is 7.05 Å². The molecule has 0 bridgehead atoms. The first-order chi connectivity index (χ1) is 22.2. The van der Waals surface area contributed by atoms with Gasteiger partial charge in [-0.3, -0.25) is 19.7 Å². The van der Waals surface area contributed by atoms with Gasteiger partial charge < -0.3 is 19.5 Å². The zero-order valence-corrected chi connectivity index (χ0v) is 27.0. The number of fused-ring (bicyclic) bond motifs is 1. The van der Waals surface area contributed by atoms with Crippen LogP contribution in [0.4, 0.5) is 16.0 Å². The number of carbonyl (C=O) groups is 1. The molecular formula is C34H44FN9O2. The number of anilines is 2. The molecule has 0 spiro atoms. The van der Waals surface area contributed by atoms with Gasteiger partial charge in [0.15, 0.2) is 5.82 Å². The summed E-state index contributed by atoms with van der Waals surface area (Å²) in [7, 11) is 3.95. The second-order valence-electron chi connectivity index (χ2n) is 13.3. The zero-order chi connectivity index (χ0) is 31.9. The number of rotatable bonds is 6. The van der Waals surface area contributed by atoms with E-state index in [4.69, 9.17) is 4.98 Å². The minimum atomic E-state index is -0.693. The lowest BCUT2D eigenvalue weighted by atomic mass is 9.93. The number of nitrogens with zero attached hydrogens (tertiary/aromatic N) is 8. The highest BCUT2D eigenvalue weighted by molar-refractivity contribution is 6.05. The summed E-state index contributed by atoms with van der Waals surface area (Å²) < 4.78 is 19.5. The minimum absolute atomic E-state index is 0.0591. The molecule has 3 aromatic heterocycles. The van der Waals surface area contributed by atoms with Gasteiger partial charge in [0.25, 0.3) is 5.91 Å². The number of aromatic nitrogens is 5. The van der Waals surface area contributed by atoms with Gasteiger partial charge in [-0.15, -0.1) is 0 Å². The fraction of sp³-hybridized carbons (Fsp3) is 0.529. The number of carbonyl (C=O) groups excluding carboxylic acids is 1. The molecule has 1 aliphatic carbocycles. The highest BCUT2D eigenvalue weighted by Gasteiger charge is 2.29. The lowest BCUT2D eigenvalue weighted by molar-refractivity contribution is 0.0982. The molecule has 2 N–H and O–H groups in total. The zero-order valence-electron chi connectivity index (χ0n) is 27.0. The van der Waals surface area contributed by atoms with Gasteiger partial charge in [0, 0.05) is 81.5 Å². The first kappa shape index (κ1) is 30.8. The number of aliphatic hydroxyl groups excluding tert-OH is 1. The summed E-state index contributed by atoms with van der Waals surface area (Å²) in [5.74, 6) is -0.877. The Morgan fingerprint density at radius 1 is 0.935 bits per heavy atom. The highest BCUT2D eigenvalue weighted by atomic mass is 19.1. The molecule has 12 heteroatoms. The van der Waals surface area contributed by atoms with Crippen molar-refractivity contribution in [1.29, 1.82) is 0 Å². The van der Waals surface area contributed by atoms with E-state index in [9.17, 15) is 9.90 Å². The number of benzene rings is 1. The number of likely N-dealkylation sites (N-methyl/N-ethyl adjacent to an activating group) is 1. The number of aryl methyl sites for hydroxylation is 2. The topological polar surface area (TPSA) is 108 Å². The van der Waals surface area contributed by atoms with Crippen LogP contribution >= 0.6 is 0 Å². The Labute approximate surface area is 269 Å². The molecule has 7 rings (SSSR count). The molecule has 244 valence electrons. The van der Waals surface area contributed by atoms with Crippen LogP contribution in [-0.4, -0.2) is 104 Å². The molecule has 11 nitrogen and oxygen atoms in total. The summed E-state index contributed by atoms with van der Waals surface area (Å²) >= 11 is 0. The number of piperidine rings is 1. The summed E-state index contributed by atoms with van der Waals surface area (Å²) in [6.45, 7) is 8.29. The van der Waals surface area contributed by atoms with Crippen molar-refractivity contribution in [1.82, 2.24) is 34.1 Å². The van der Waals surface area contributed by atoms with Crippen LogP contribution < -0.4 is 10.2 Å². The summed E-state index contributed by atoms with van der Waals surface area (Å²) in [6, 6.07) is 8.54. The number of amides is 1. The van der Waals surface area contributed by atoms with E-state index >= 15 is 4.39 Å². The van der Waals surface area contributed by atoms with Gasteiger partial charge in [0.1, 0.15) is 5.69 Å². The Kier molecular flexibility index (Phi) is 8.51. The number of nitrogens with one attached hydrogen (secondary N) is 1. The van der Waals surface area contributed by atoms with Crippen molar-refractivity contribution in [2.75, 3.05) is 56.5 Å². The van der Waals surface area contributed by atoms with Gasteiger partial charge in [-0.25, -0.2) is 14.4 Å². The number of imidazole rings is 1. The van der Waals surface area contributed by atoms with Crippen LogP contribution in [0.15, 0.2) is 36.7 Å². The Morgan fingerprint density at radius 2 is 1.67 bits per heavy atom. The first-order valence-corrected chi connectivity index (χ1v) is 16.6. The molecular weight excluding hydrogens is 585 g/mol. The molecule has 5 heterocycles. The second-order valence-corrected chi connectivity index (χ2v) is 13.3. The Hall–Kier alpha value is -3.87. The van der Waals surface area contributed by atoms with Crippen LogP contribution in [0.2, 0.25) is 0 Å². The molecule has 4 aromatic rings. The van der Waals surface area contributed by atoms with E-state index in [2.05, 4.69) is 59.9 Å². The van der Waals surface area contributed by atoms with E-state index in [1.807, 2.05) is 0 Å². The van der Waals surface area contributed by atoms with Gasteiger partial charge in [0.2, 0.25) is 5.95 Å². The van der Waals surface area contributed by atoms with E-state index in [1.54, 1.807) is 24.9 Å².